The van der Waals surface area contributed by atoms with Crippen molar-refractivity contribution in [3.05, 3.63) is 29.3 Å². The van der Waals surface area contributed by atoms with Crippen molar-refractivity contribution in [2.45, 2.75) is 44.2 Å². The number of nitrogens with one attached hydrogen (secondary N) is 1. The van der Waals surface area contributed by atoms with Gasteiger partial charge < -0.3 is 10.1 Å². The number of fused-ring (bicyclic) bond motifs is 1. The number of hydrogen-bond acceptors (Lipinski definition) is 3. The number of benzene rings is 1. The summed E-state index contributed by atoms with van der Waals surface area (Å²) in [4.78, 5) is 2.74. The van der Waals surface area contributed by atoms with Gasteiger partial charge in [0.25, 0.3) is 0 Å². The Kier molecular flexibility index (Phi) is 4.27. The van der Waals surface area contributed by atoms with Gasteiger partial charge in [0, 0.05) is 18.6 Å². The van der Waals surface area contributed by atoms with Crippen LogP contribution in [0.2, 0.25) is 0 Å². The van der Waals surface area contributed by atoms with E-state index in [-0.39, 0.29) is 0 Å². The van der Waals surface area contributed by atoms with Gasteiger partial charge in [-0.25, -0.2) is 0 Å². The van der Waals surface area contributed by atoms with Crippen molar-refractivity contribution in [1.82, 2.24) is 10.2 Å². The summed E-state index contributed by atoms with van der Waals surface area (Å²) in [6, 6.07) is 7.99. The third-order valence-corrected chi connectivity index (χ3v) is 4.90. The van der Waals surface area contributed by atoms with E-state index < -0.39 is 0 Å². The van der Waals surface area contributed by atoms with E-state index in [1.807, 2.05) is 0 Å². The maximum absolute atomic E-state index is 5.38. The van der Waals surface area contributed by atoms with Crippen molar-refractivity contribution in [2.24, 2.45) is 0 Å². The molecular formula is C17H26N2O. The minimum Gasteiger partial charge on any atom is -0.497 e. The molecule has 1 aromatic carbocycles. The summed E-state index contributed by atoms with van der Waals surface area (Å²) in [5.41, 5.74) is 3.04. The van der Waals surface area contributed by atoms with Gasteiger partial charge in [0.2, 0.25) is 0 Å². The van der Waals surface area contributed by atoms with Crippen LogP contribution in [0.15, 0.2) is 18.2 Å². The molecule has 3 heteroatoms. The highest BCUT2D eigenvalue weighted by Gasteiger charge is 2.33. The van der Waals surface area contributed by atoms with Crippen molar-refractivity contribution in [1.29, 1.82) is 0 Å². The topological polar surface area (TPSA) is 24.5 Å². The standard InChI is InChI=1S/C17H26N2O/c1-18-12-14-6-4-10-19(14)17-7-3-5-13-11-15(20-2)8-9-16(13)17/h8-9,11,14,17-18H,3-7,10,12H2,1-2H3. The molecule has 20 heavy (non-hydrogen) atoms. The van der Waals surface area contributed by atoms with E-state index in [0.717, 1.165) is 12.3 Å². The Hall–Kier alpha value is -1.06. The lowest BCUT2D eigenvalue weighted by molar-refractivity contribution is 0.161. The summed E-state index contributed by atoms with van der Waals surface area (Å²) in [7, 11) is 3.82. The first kappa shape index (κ1) is 13.9. The van der Waals surface area contributed by atoms with Crippen LogP contribution in [-0.4, -0.2) is 38.2 Å². The molecule has 1 heterocycles. The minimum absolute atomic E-state index is 0.616. The third-order valence-electron chi connectivity index (χ3n) is 4.90. The molecule has 1 saturated heterocycles. The lowest BCUT2D eigenvalue weighted by Gasteiger charge is -2.37. The number of likely N-dealkylation sites (N-methyl/N-ethyl adjacent to an activating group) is 1. The van der Waals surface area contributed by atoms with E-state index in [1.165, 1.54) is 44.2 Å². The maximum Gasteiger partial charge on any atom is 0.119 e. The predicted molar refractivity (Wildman–Crippen MR) is 82.3 cm³/mol. The van der Waals surface area contributed by atoms with Crippen LogP contribution in [0.5, 0.6) is 5.75 Å². The van der Waals surface area contributed by atoms with Crippen LogP contribution in [0.1, 0.15) is 42.9 Å². The second kappa shape index (κ2) is 6.15. The molecule has 3 nitrogen and oxygen atoms in total. The summed E-state index contributed by atoms with van der Waals surface area (Å²) in [5, 5.41) is 3.36. The molecule has 0 aromatic heterocycles. The van der Waals surface area contributed by atoms with Crippen LogP contribution in [0.4, 0.5) is 0 Å². The van der Waals surface area contributed by atoms with Gasteiger partial charge in [-0.05, 0) is 69.0 Å². The largest absolute Gasteiger partial charge is 0.497 e. The molecule has 1 aliphatic carbocycles. The van der Waals surface area contributed by atoms with Gasteiger partial charge in [0.1, 0.15) is 5.75 Å². The molecule has 2 unspecified atom stereocenters. The maximum atomic E-state index is 5.38. The fraction of sp³-hybridized carbons (Fsp3) is 0.647. The number of rotatable bonds is 4. The Labute approximate surface area is 122 Å². The van der Waals surface area contributed by atoms with Gasteiger partial charge in [-0.2, -0.15) is 0 Å². The minimum atomic E-state index is 0.616. The van der Waals surface area contributed by atoms with Crippen LogP contribution < -0.4 is 10.1 Å². The molecule has 2 atom stereocenters. The number of hydrogen-bond donors (Lipinski definition) is 1. The Balaban J connectivity index is 1.85. The molecule has 0 saturated carbocycles. The fourth-order valence-electron chi connectivity index (χ4n) is 3.96. The Morgan fingerprint density at radius 1 is 1.30 bits per heavy atom. The van der Waals surface area contributed by atoms with Gasteiger partial charge in [-0.15, -0.1) is 0 Å². The molecule has 1 aliphatic heterocycles. The van der Waals surface area contributed by atoms with Crippen molar-refractivity contribution >= 4 is 0 Å². The molecule has 110 valence electrons. The number of ether oxygens (including phenoxy) is 1. The van der Waals surface area contributed by atoms with E-state index in [2.05, 4.69) is 35.5 Å². The summed E-state index contributed by atoms with van der Waals surface area (Å²) < 4.78 is 5.38. The first-order valence-corrected chi connectivity index (χ1v) is 7.90. The molecule has 0 spiro atoms. The zero-order chi connectivity index (χ0) is 13.9. The van der Waals surface area contributed by atoms with Gasteiger partial charge in [0.05, 0.1) is 7.11 Å². The monoisotopic (exact) mass is 274 g/mol. The van der Waals surface area contributed by atoms with E-state index >= 15 is 0 Å². The van der Waals surface area contributed by atoms with Gasteiger partial charge in [-0.1, -0.05) is 6.07 Å². The van der Waals surface area contributed by atoms with Crippen LogP contribution in [0.3, 0.4) is 0 Å². The van der Waals surface area contributed by atoms with Gasteiger partial charge >= 0.3 is 0 Å². The van der Waals surface area contributed by atoms with Gasteiger partial charge in [0.15, 0.2) is 0 Å². The highest BCUT2D eigenvalue weighted by Crippen LogP contribution is 2.39. The second-order valence-corrected chi connectivity index (χ2v) is 6.06. The summed E-state index contributed by atoms with van der Waals surface area (Å²) in [6.45, 7) is 2.37. The van der Waals surface area contributed by atoms with E-state index in [0.29, 0.717) is 12.1 Å². The lowest BCUT2D eigenvalue weighted by atomic mass is 9.86. The summed E-state index contributed by atoms with van der Waals surface area (Å²) in [6.07, 6.45) is 6.48. The predicted octanol–water partition coefficient (Wildman–Crippen LogP) is 2.76. The highest BCUT2D eigenvalue weighted by molar-refractivity contribution is 5.39. The van der Waals surface area contributed by atoms with E-state index in [4.69, 9.17) is 4.74 Å². The molecule has 0 radical (unpaired) electrons. The molecule has 0 amide bonds. The molecule has 0 bridgehead atoms. The second-order valence-electron chi connectivity index (χ2n) is 6.06. The van der Waals surface area contributed by atoms with Crippen LogP contribution >= 0.6 is 0 Å². The van der Waals surface area contributed by atoms with Crippen molar-refractivity contribution in [3.63, 3.8) is 0 Å². The van der Waals surface area contributed by atoms with Crippen LogP contribution in [-0.2, 0) is 6.42 Å². The number of aryl methyl sites for hydroxylation is 1. The zero-order valence-electron chi connectivity index (χ0n) is 12.7. The molecule has 1 N–H and O–H groups in total. The smallest absolute Gasteiger partial charge is 0.119 e. The average Bonchev–Trinajstić information content (AvgIpc) is 2.94. The summed E-state index contributed by atoms with van der Waals surface area (Å²) >= 11 is 0. The Morgan fingerprint density at radius 2 is 2.20 bits per heavy atom. The number of methoxy groups -OCH3 is 1. The third kappa shape index (κ3) is 2.57. The lowest BCUT2D eigenvalue weighted by Crippen LogP contribution is -2.40. The SMILES string of the molecule is CNCC1CCCN1C1CCCc2cc(OC)ccc21. The molecule has 1 aromatic rings. The number of nitrogens with zero attached hydrogens (tertiary/aromatic N) is 1. The van der Waals surface area contributed by atoms with E-state index in [1.54, 1.807) is 12.7 Å². The molecular weight excluding hydrogens is 248 g/mol. The molecule has 3 rings (SSSR count). The molecule has 1 fully saturated rings. The zero-order valence-corrected chi connectivity index (χ0v) is 12.7. The van der Waals surface area contributed by atoms with Crippen LogP contribution in [0, 0.1) is 0 Å². The van der Waals surface area contributed by atoms with Crippen molar-refractivity contribution in [2.75, 3.05) is 27.2 Å². The normalized spacial score (nSPS) is 26.5. The average molecular weight is 274 g/mol. The van der Waals surface area contributed by atoms with Crippen molar-refractivity contribution < 1.29 is 4.74 Å². The summed E-state index contributed by atoms with van der Waals surface area (Å²) in [5.74, 6) is 0.998. The highest BCUT2D eigenvalue weighted by atomic mass is 16.5. The van der Waals surface area contributed by atoms with Crippen molar-refractivity contribution in [3.8, 4) is 5.75 Å². The Bertz CT molecular complexity index is 460. The number of likely N-dealkylation sites (tertiary alicyclic amines) is 1. The van der Waals surface area contributed by atoms with Gasteiger partial charge in [-0.3, -0.25) is 4.90 Å². The first-order chi connectivity index (χ1) is 9.83. The first-order valence-electron chi connectivity index (χ1n) is 7.90. The van der Waals surface area contributed by atoms with Crippen LogP contribution in [0.25, 0.3) is 0 Å². The Morgan fingerprint density at radius 3 is 3.00 bits per heavy atom. The molecule has 2 aliphatic rings. The van der Waals surface area contributed by atoms with E-state index in [9.17, 15) is 0 Å². The fourth-order valence-corrected chi connectivity index (χ4v) is 3.96. The quantitative estimate of drug-likeness (QED) is 0.913.